The van der Waals surface area contributed by atoms with E-state index in [0.29, 0.717) is 56.6 Å². The molecule has 14 rings (SSSR count). The molecule has 5 N–H and O–H groups in total. The molecule has 7 aromatic rings. The van der Waals surface area contributed by atoms with E-state index in [1.165, 1.54) is 133 Å². The smallest absolute Gasteiger partial charge is 0.270 e. The highest BCUT2D eigenvalue weighted by atomic mass is 79.9. The van der Waals surface area contributed by atoms with Gasteiger partial charge in [0.2, 0.25) is 11.8 Å². The minimum Gasteiger partial charge on any atom is -0.349 e. The molecular formula is C96H103BrN8O10. The highest BCUT2D eigenvalue weighted by Crippen LogP contribution is 2.42. The molecule has 0 spiro atoms. The van der Waals surface area contributed by atoms with Crippen molar-refractivity contribution >= 4 is 114 Å². The van der Waals surface area contributed by atoms with E-state index in [1.807, 2.05) is 82.0 Å². The molecule has 5 aliphatic carbocycles. The van der Waals surface area contributed by atoms with E-state index in [4.69, 9.17) is 0 Å². The number of hydrogen-bond donors (Lipinski definition) is 5. The number of nitrogens with one attached hydrogen (secondary N) is 5. The van der Waals surface area contributed by atoms with Crippen molar-refractivity contribution in [1.82, 2.24) is 36.1 Å². The fourth-order valence-corrected chi connectivity index (χ4v) is 14.6. The third-order valence-corrected chi connectivity index (χ3v) is 20.9. The topological polar surface area (TPSA) is 251 Å². The van der Waals surface area contributed by atoms with Crippen LogP contribution in [-0.2, 0) is 75.4 Å². The summed E-state index contributed by atoms with van der Waals surface area (Å²) in [6.07, 6.45) is 28.2. The number of ketones is 4. The van der Waals surface area contributed by atoms with E-state index in [1.54, 1.807) is 24.3 Å². The second-order valence-electron chi connectivity index (χ2n) is 29.6. The van der Waals surface area contributed by atoms with E-state index in [0.717, 1.165) is 127 Å². The van der Waals surface area contributed by atoms with Crippen LogP contribution in [-0.4, -0.2) is 120 Å². The molecule has 19 heteroatoms. The fraction of sp³-hybridized carbons (Fsp3) is 0.281. The van der Waals surface area contributed by atoms with Gasteiger partial charge in [0.05, 0.1) is 12.1 Å². The van der Waals surface area contributed by atoms with Crippen LogP contribution in [0, 0.1) is 48.5 Å². The summed E-state index contributed by atoms with van der Waals surface area (Å²) in [5, 5.41) is 15.0. The van der Waals surface area contributed by atoms with Crippen molar-refractivity contribution in [2.75, 3.05) is 45.8 Å². The molecule has 7 aliphatic rings. The van der Waals surface area contributed by atoms with Crippen molar-refractivity contribution in [2.45, 2.75) is 134 Å². The SMILES string of the molecule is C=CC(=O)N1CCC2=C(C1)c1cc(C)ccc1C2.C=CC(=O)NCC1=Cc2cc(C)ccc2C1.CC(=O)/C=C/CNC(=O)C1=CCc2cc(Br)c(C)cc21.CC(=O)/C=C/CNC(=O)C1=CCc2ccc(C)cc21.CC(=O)/C=C/CNC(=O)C1=NCc2ccc(C)cc21.CC(=O)/C=C/CNC(=O)c1c(C)n(C2CC2)c2ccc(C)cc12. The minimum absolute atomic E-state index is 0.0172. The molecule has 594 valence electrons. The van der Waals surface area contributed by atoms with Gasteiger partial charge in [-0.05, 0) is 255 Å². The van der Waals surface area contributed by atoms with Gasteiger partial charge >= 0.3 is 0 Å². The minimum atomic E-state index is -0.197. The standard InChI is InChI=1S/C19H22N2O2.C16H16BrNO2.C16H17NO2.C16H17NO.C15H16N2O2.C14H15NO/c1-12-6-9-17-16(11-12)18(14(3)21(17)15-7-8-15)19(23)20-10-4-5-13(2)22;1-10-8-14-12(9-15(10)17)5-6-13(14)16(20)18-7-3-4-11(2)19;1-11-5-6-13-7-8-14(15(13)10-11)16(19)17-9-3-4-12(2)18;1-3-16(18)17-7-6-13-9-12-5-4-11(2)8-14(12)15(13)10-17;1-10-5-6-12-9-17-14(13(12)8-10)15(19)16-7-3-4-11(2)18;1-3-14(16)15-9-11-7-12-5-4-10(2)6-13(12)8-11/h4-6,9,11,15H,7-8,10H2,1-3H3,(H,20,23);3-4,6,8-9H,5,7H2,1-2H3,(H,18,20);3-6,8,10H,7,9H2,1-2H3,(H,17,19);3-5,8H,1,6-7,9-10H2,2H3;3-6,8H,7,9H2,1-2H3,(H,16,19);3-6,8H,1,7,9H2,2H3,(H,15,16)/b5-4+;2*4-3+;;4-3+;. The zero-order valence-electron chi connectivity index (χ0n) is 67.7. The van der Waals surface area contributed by atoms with E-state index in [2.05, 4.69) is 158 Å². The van der Waals surface area contributed by atoms with E-state index in [-0.39, 0.29) is 58.6 Å². The maximum Gasteiger partial charge on any atom is 0.270 e. The number of nitrogens with zero attached hydrogens (tertiary/aromatic N) is 3. The van der Waals surface area contributed by atoms with Gasteiger partial charge in [0, 0.05) is 89.6 Å². The molecule has 6 aromatic carbocycles. The van der Waals surface area contributed by atoms with Gasteiger partial charge in [0.15, 0.2) is 23.1 Å². The summed E-state index contributed by atoms with van der Waals surface area (Å²) in [5.74, 6) is -0.625. The van der Waals surface area contributed by atoms with Crippen molar-refractivity contribution in [3.8, 4) is 0 Å². The number of allylic oxidation sites excluding steroid dienone is 6. The molecule has 1 fully saturated rings. The Morgan fingerprint density at radius 1 is 0.513 bits per heavy atom. The van der Waals surface area contributed by atoms with Crippen LogP contribution >= 0.6 is 15.9 Å². The second-order valence-corrected chi connectivity index (χ2v) is 30.5. The lowest BCUT2D eigenvalue weighted by atomic mass is 9.99. The van der Waals surface area contributed by atoms with Gasteiger partial charge in [-0.15, -0.1) is 0 Å². The number of aliphatic imine (C=N–C) groups is 1. The lowest BCUT2D eigenvalue weighted by Gasteiger charge is -2.27. The van der Waals surface area contributed by atoms with Gasteiger partial charge < -0.3 is 36.1 Å². The Morgan fingerprint density at radius 3 is 1.57 bits per heavy atom. The average Bonchev–Trinajstić information content (AvgIpc) is 1.60. The normalized spacial score (nSPS) is 14.1. The summed E-state index contributed by atoms with van der Waals surface area (Å²) in [5.41, 5.74) is 27.8. The molecule has 0 radical (unpaired) electrons. The first-order chi connectivity index (χ1) is 55.0. The van der Waals surface area contributed by atoms with Gasteiger partial charge in [-0.25, -0.2) is 0 Å². The summed E-state index contributed by atoms with van der Waals surface area (Å²) in [6, 6.07) is 36.2. The number of aryl methyl sites for hydroxylation is 6. The number of carbonyl (C=O) groups excluding carboxylic acids is 10. The quantitative estimate of drug-likeness (QED) is 0.0426. The lowest BCUT2D eigenvalue weighted by molar-refractivity contribution is -0.125. The van der Waals surface area contributed by atoms with Crippen LogP contribution in [0.15, 0.2) is 210 Å². The third kappa shape index (κ3) is 24.2. The molecule has 0 bridgehead atoms. The van der Waals surface area contributed by atoms with E-state index in [9.17, 15) is 47.9 Å². The first kappa shape index (κ1) is 86.9. The van der Waals surface area contributed by atoms with Crippen LogP contribution in [0.3, 0.4) is 0 Å². The molecule has 18 nitrogen and oxygen atoms in total. The molecule has 1 aromatic heterocycles. The molecule has 115 heavy (non-hydrogen) atoms. The van der Waals surface area contributed by atoms with E-state index >= 15 is 0 Å². The van der Waals surface area contributed by atoms with Gasteiger partial charge in [-0.2, -0.15) is 0 Å². The van der Waals surface area contributed by atoms with Gasteiger partial charge in [0.1, 0.15) is 5.71 Å². The predicted molar refractivity (Wildman–Crippen MR) is 464 cm³/mol. The second kappa shape index (κ2) is 41.1. The van der Waals surface area contributed by atoms with Crippen molar-refractivity contribution in [3.63, 3.8) is 0 Å². The van der Waals surface area contributed by atoms with E-state index < -0.39 is 0 Å². The van der Waals surface area contributed by atoms with Crippen LogP contribution in [0.25, 0.3) is 33.7 Å². The number of rotatable bonds is 21. The first-order valence-electron chi connectivity index (χ1n) is 38.8. The Morgan fingerprint density at radius 2 is 1.01 bits per heavy atom. The third-order valence-electron chi connectivity index (χ3n) is 20.1. The number of carbonyl (C=O) groups is 10. The number of fused-ring (bicyclic) bond motifs is 7. The highest BCUT2D eigenvalue weighted by molar-refractivity contribution is 9.10. The number of aromatic nitrogens is 1. The average molecular weight is 1610 g/mol. The summed E-state index contributed by atoms with van der Waals surface area (Å²) in [7, 11) is 0. The Kier molecular flexibility index (Phi) is 31.0. The van der Waals surface area contributed by atoms with Crippen LogP contribution in [0.5, 0.6) is 0 Å². The Bertz CT molecular complexity index is 5230. The molecule has 6 amide bonds. The zero-order valence-corrected chi connectivity index (χ0v) is 69.3. The summed E-state index contributed by atoms with van der Waals surface area (Å²) in [6.45, 7) is 31.4. The van der Waals surface area contributed by atoms with Crippen LogP contribution in [0.1, 0.15) is 158 Å². The lowest BCUT2D eigenvalue weighted by Crippen LogP contribution is -2.34. The molecule has 1 saturated carbocycles. The Hall–Kier alpha value is -12.1. The van der Waals surface area contributed by atoms with Crippen molar-refractivity contribution < 1.29 is 47.9 Å². The van der Waals surface area contributed by atoms with Crippen LogP contribution < -0.4 is 26.6 Å². The van der Waals surface area contributed by atoms with Crippen molar-refractivity contribution in [3.05, 3.63) is 305 Å². The monoisotopic (exact) mass is 1610 g/mol. The van der Waals surface area contributed by atoms with Gasteiger partial charge in [-0.3, -0.25) is 52.9 Å². The number of benzene rings is 6. The molecule has 2 aliphatic heterocycles. The molecule has 3 heterocycles. The first-order valence-corrected chi connectivity index (χ1v) is 39.6. The number of halogens is 1. The molecular weight excluding hydrogens is 1510 g/mol. The summed E-state index contributed by atoms with van der Waals surface area (Å²) >= 11 is 3.51. The molecule has 0 unspecified atom stereocenters. The Balaban J connectivity index is 0.000000158. The maximum absolute atomic E-state index is 12.6. The van der Waals surface area contributed by atoms with Gasteiger partial charge in [-0.1, -0.05) is 178 Å². The summed E-state index contributed by atoms with van der Waals surface area (Å²) < 4.78 is 3.37. The highest BCUT2D eigenvalue weighted by Gasteiger charge is 2.32. The van der Waals surface area contributed by atoms with Crippen LogP contribution in [0.4, 0.5) is 0 Å². The van der Waals surface area contributed by atoms with Crippen molar-refractivity contribution in [2.24, 2.45) is 4.99 Å². The largest absolute Gasteiger partial charge is 0.349 e. The predicted octanol–water partition coefficient (Wildman–Crippen LogP) is 15.1. The summed E-state index contributed by atoms with van der Waals surface area (Å²) in [4.78, 5) is 121. The van der Waals surface area contributed by atoms with Crippen LogP contribution in [0.2, 0.25) is 0 Å². The molecule has 0 saturated heterocycles. The number of hydrogen-bond acceptors (Lipinski definition) is 11. The fourth-order valence-electron chi connectivity index (χ4n) is 14.2. The van der Waals surface area contributed by atoms with Gasteiger partial charge in [0.25, 0.3) is 23.6 Å². The zero-order chi connectivity index (χ0) is 83.2. The Labute approximate surface area is 683 Å². The number of amides is 6. The molecule has 0 atom stereocenters. The maximum atomic E-state index is 12.6. The van der Waals surface area contributed by atoms with Crippen molar-refractivity contribution in [1.29, 1.82) is 0 Å².